The standard InChI is InChI=1S/C12H10BrNO2S2/c1-2-16-9-4-3-8(13)5-7(9)6-10-11(15)14-12(17)18-10/h3-6H,2H2,1H3,(H,14,15,17). The molecule has 0 radical (unpaired) electrons. The van der Waals surface area contributed by atoms with Gasteiger partial charge in [0.25, 0.3) is 5.91 Å². The molecule has 1 aliphatic rings. The Bertz CT molecular complexity index is 543. The first-order chi connectivity index (χ1) is 8.60. The molecule has 3 nitrogen and oxygen atoms in total. The molecule has 0 unspecified atom stereocenters. The molecule has 1 aliphatic heterocycles. The van der Waals surface area contributed by atoms with Gasteiger partial charge in [0.15, 0.2) is 0 Å². The van der Waals surface area contributed by atoms with Crippen LogP contribution in [0.25, 0.3) is 6.08 Å². The van der Waals surface area contributed by atoms with Crippen LogP contribution in [0, 0.1) is 0 Å². The zero-order valence-electron chi connectivity index (χ0n) is 9.53. The molecule has 0 bridgehead atoms. The van der Waals surface area contributed by atoms with Crippen LogP contribution < -0.4 is 10.1 Å². The Morgan fingerprint density at radius 1 is 1.56 bits per heavy atom. The lowest BCUT2D eigenvalue weighted by atomic mass is 10.2. The third-order valence-electron chi connectivity index (χ3n) is 2.20. The second-order valence-corrected chi connectivity index (χ2v) is 6.10. The average molecular weight is 344 g/mol. The number of rotatable bonds is 3. The Hall–Kier alpha value is -0.850. The number of benzene rings is 1. The van der Waals surface area contributed by atoms with Gasteiger partial charge in [-0.15, -0.1) is 0 Å². The number of carbonyl (C=O) groups excluding carboxylic acids is 1. The molecule has 6 heteroatoms. The van der Waals surface area contributed by atoms with Gasteiger partial charge in [-0.3, -0.25) is 4.79 Å². The molecule has 94 valence electrons. The van der Waals surface area contributed by atoms with E-state index in [0.29, 0.717) is 15.8 Å². The lowest BCUT2D eigenvalue weighted by Gasteiger charge is -2.07. The summed E-state index contributed by atoms with van der Waals surface area (Å²) >= 11 is 9.62. The number of thioether (sulfide) groups is 1. The molecular formula is C12H10BrNO2S2. The minimum absolute atomic E-state index is 0.160. The molecule has 0 saturated carbocycles. The summed E-state index contributed by atoms with van der Waals surface area (Å²) < 4.78 is 6.94. The lowest BCUT2D eigenvalue weighted by molar-refractivity contribution is -0.115. The van der Waals surface area contributed by atoms with Crippen molar-refractivity contribution in [1.82, 2.24) is 5.32 Å². The van der Waals surface area contributed by atoms with Gasteiger partial charge in [0.05, 0.1) is 11.5 Å². The molecule has 0 atom stereocenters. The van der Waals surface area contributed by atoms with Crippen LogP contribution in [0.4, 0.5) is 0 Å². The van der Waals surface area contributed by atoms with Crippen LogP contribution in [0.15, 0.2) is 27.6 Å². The van der Waals surface area contributed by atoms with Crippen molar-refractivity contribution in [2.45, 2.75) is 6.92 Å². The Kier molecular flexibility index (Phi) is 4.42. The van der Waals surface area contributed by atoms with Crippen LogP contribution in [-0.2, 0) is 4.79 Å². The monoisotopic (exact) mass is 343 g/mol. The first kappa shape index (κ1) is 13.6. The van der Waals surface area contributed by atoms with Crippen LogP contribution in [-0.4, -0.2) is 16.8 Å². The van der Waals surface area contributed by atoms with Crippen LogP contribution >= 0.6 is 39.9 Å². The Morgan fingerprint density at radius 3 is 2.94 bits per heavy atom. The van der Waals surface area contributed by atoms with Crippen molar-refractivity contribution >= 4 is 56.2 Å². The number of carbonyl (C=O) groups is 1. The SMILES string of the molecule is CCOc1ccc(Br)cc1C=C1SC(=S)NC1=O. The zero-order valence-corrected chi connectivity index (χ0v) is 12.7. The van der Waals surface area contributed by atoms with Crippen molar-refractivity contribution in [1.29, 1.82) is 0 Å². The van der Waals surface area contributed by atoms with Crippen molar-refractivity contribution in [3.8, 4) is 5.75 Å². The predicted molar refractivity (Wildman–Crippen MR) is 81.6 cm³/mol. The Labute approximate surface area is 123 Å². The highest BCUT2D eigenvalue weighted by molar-refractivity contribution is 9.10. The van der Waals surface area contributed by atoms with E-state index in [-0.39, 0.29) is 5.91 Å². The molecule has 18 heavy (non-hydrogen) atoms. The van der Waals surface area contributed by atoms with E-state index in [4.69, 9.17) is 17.0 Å². The number of nitrogens with one attached hydrogen (secondary N) is 1. The second-order valence-electron chi connectivity index (χ2n) is 3.47. The zero-order chi connectivity index (χ0) is 13.1. The first-order valence-corrected chi connectivity index (χ1v) is 7.29. The highest BCUT2D eigenvalue weighted by Gasteiger charge is 2.22. The van der Waals surface area contributed by atoms with Crippen molar-refractivity contribution in [2.75, 3.05) is 6.61 Å². The number of hydrogen-bond donors (Lipinski definition) is 1. The third-order valence-corrected chi connectivity index (χ3v) is 3.86. The molecule has 0 aliphatic carbocycles. The van der Waals surface area contributed by atoms with Gasteiger partial charge in [-0.25, -0.2) is 0 Å². The molecule has 2 rings (SSSR count). The van der Waals surface area contributed by atoms with E-state index in [9.17, 15) is 4.79 Å². The van der Waals surface area contributed by atoms with Gasteiger partial charge >= 0.3 is 0 Å². The first-order valence-electron chi connectivity index (χ1n) is 5.27. The number of hydrogen-bond acceptors (Lipinski definition) is 4. The topological polar surface area (TPSA) is 38.3 Å². The van der Waals surface area contributed by atoms with Crippen LogP contribution in [0.2, 0.25) is 0 Å². The number of halogens is 1. The fourth-order valence-corrected chi connectivity index (χ4v) is 2.90. The summed E-state index contributed by atoms with van der Waals surface area (Å²) in [6, 6.07) is 5.68. The molecule has 1 aromatic rings. The van der Waals surface area contributed by atoms with E-state index in [1.807, 2.05) is 25.1 Å². The Balaban J connectivity index is 2.38. The summed E-state index contributed by atoms with van der Waals surface area (Å²) in [5.74, 6) is 0.590. The van der Waals surface area contributed by atoms with E-state index in [1.165, 1.54) is 11.8 Å². The quantitative estimate of drug-likeness (QED) is 0.674. The molecule has 1 aromatic carbocycles. The van der Waals surface area contributed by atoms with Crippen molar-refractivity contribution in [2.24, 2.45) is 0 Å². The van der Waals surface area contributed by atoms with E-state index >= 15 is 0 Å². The summed E-state index contributed by atoms with van der Waals surface area (Å²) in [5.41, 5.74) is 0.855. The van der Waals surface area contributed by atoms with Gasteiger partial charge in [0, 0.05) is 10.0 Å². The van der Waals surface area contributed by atoms with Gasteiger partial charge in [-0.05, 0) is 31.2 Å². The van der Waals surface area contributed by atoms with E-state index in [0.717, 1.165) is 15.8 Å². The van der Waals surface area contributed by atoms with Crippen molar-refractivity contribution in [3.05, 3.63) is 33.1 Å². The molecule has 1 saturated heterocycles. The fraction of sp³-hybridized carbons (Fsp3) is 0.167. The summed E-state index contributed by atoms with van der Waals surface area (Å²) in [7, 11) is 0. The summed E-state index contributed by atoms with van der Waals surface area (Å²) in [4.78, 5) is 12.2. The van der Waals surface area contributed by atoms with Crippen LogP contribution in [0.1, 0.15) is 12.5 Å². The normalized spacial score (nSPS) is 17.1. The van der Waals surface area contributed by atoms with Crippen molar-refractivity contribution < 1.29 is 9.53 Å². The fourth-order valence-electron chi connectivity index (χ4n) is 1.48. The van der Waals surface area contributed by atoms with Gasteiger partial charge < -0.3 is 10.1 Å². The largest absolute Gasteiger partial charge is 0.493 e. The molecular weight excluding hydrogens is 334 g/mol. The number of amides is 1. The number of thiocarbonyl (C=S) groups is 1. The maximum atomic E-state index is 11.6. The van der Waals surface area contributed by atoms with E-state index in [2.05, 4.69) is 21.2 Å². The molecule has 0 aromatic heterocycles. The molecule has 1 fully saturated rings. The highest BCUT2D eigenvalue weighted by Crippen LogP contribution is 2.30. The summed E-state index contributed by atoms with van der Waals surface area (Å²) in [5, 5.41) is 2.59. The molecule has 1 N–H and O–H groups in total. The second kappa shape index (κ2) is 5.86. The maximum Gasteiger partial charge on any atom is 0.263 e. The maximum absolute atomic E-state index is 11.6. The van der Waals surface area contributed by atoms with Crippen LogP contribution in [0.5, 0.6) is 5.75 Å². The van der Waals surface area contributed by atoms with Gasteiger partial charge in [0.1, 0.15) is 10.1 Å². The number of ether oxygens (including phenoxy) is 1. The lowest BCUT2D eigenvalue weighted by Crippen LogP contribution is -2.17. The smallest absolute Gasteiger partial charge is 0.263 e. The average Bonchev–Trinajstić information content (AvgIpc) is 2.61. The minimum Gasteiger partial charge on any atom is -0.493 e. The molecule has 1 heterocycles. The molecule has 1 amide bonds. The van der Waals surface area contributed by atoms with E-state index in [1.54, 1.807) is 6.08 Å². The highest BCUT2D eigenvalue weighted by atomic mass is 79.9. The van der Waals surface area contributed by atoms with E-state index < -0.39 is 0 Å². The van der Waals surface area contributed by atoms with Gasteiger partial charge in [-0.1, -0.05) is 39.9 Å². The third kappa shape index (κ3) is 3.13. The Morgan fingerprint density at radius 2 is 2.33 bits per heavy atom. The molecule has 0 spiro atoms. The van der Waals surface area contributed by atoms with Crippen molar-refractivity contribution in [3.63, 3.8) is 0 Å². The van der Waals surface area contributed by atoms with Gasteiger partial charge in [0.2, 0.25) is 0 Å². The van der Waals surface area contributed by atoms with Gasteiger partial charge in [-0.2, -0.15) is 0 Å². The summed E-state index contributed by atoms with van der Waals surface area (Å²) in [6.45, 7) is 2.50. The summed E-state index contributed by atoms with van der Waals surface area (Å²) in [6.07, 6.45) is 1.79. The van der Waals surface area contributed by atoms with Crippen LogP contribution in [0.3, 0.4) is 0 Å². The minimum atomic E-state index is -0.160. The predicted octanol–water partition coefficient (Wildman–Crippen LogP) is 3.34.